The second kappa shape index (κ2) is 8.24. The average molecular weight is 384 g/mol. The molecule has 4 rings (SSSR count). The Bertz CT molecular complexity index is 728. The van der Waals surface area contributed by atoms with E-state index in [0.29, 0.717) is 12.5 Å². The van der Waals surface area contributed by atoms with E-state index in [-0.39, 0.29) is 29.8 Å². The van der Waals surface area contributed by atoms with E-state index in [4.69, 9.17) is 5.73 Å². The van der Waals surface area contributed by atoms with Gasteiger partial charge in [-0.2, -0.15) is 0 Å². The molecule has 1 aliphatic heterocycles. The largest absolute Gasteiger partial charge is 0.347 e. The van der Waals surface area contributed by atoms with E-state index >= 15 is 0 Å². The third kappa shape index (κ3) is 3.69. The smallest absolute Gasteiger partial charge is 0.243 e. The van der Waals surface area contributed by atoms with Crippen molar-refractivity contribution in [2.45, 2.75) is 76.4 Å². The molecule has 2 aliphatic carbocycles. The van der Waals surface area contributed by atoms with Crippen molar-refractivity contribution in [2.75, 3.05) is 6.54 Å². The number of amides is 2. The van der Waals surface area contributed by atoms with Gasteiger partial charge in [0, 0.05) is 6.54 Å². The van der Waals surface area contributed by atoms with Crippen molar-refractivity contribution < 1.29 is 9.59 Å². The highest BCUT2D eigenvalue weighted by Crippen LogP contribution is 2.36. The Hall–Kier alpha value is -1.88. The predicted molar refractivity (Wildman–Crippen MR) is 109 cm³/mol. The van der Waals surface area contributed by atoms with Crippen LogP contribution in [0.4, 0.5) is 0 Å². The third-order valence-corrected chi connectivity index (χ3v) is 7.08. The number of carbonyl (C=O) groups excluding carboxylic acids is 2. The molecule has 3 N–H and O–H groups in total. The summed E-state index contributed by atoms with van der Waals surface area (Å²) in [6.45, 7) is 2.83. The number of benzene rings is 1. The zero-order valence-corrected chi connectivity index (χ0v) is 16.9. The van der Waals surface area contributed by atoms with Crippen LogP contribution >= 0.6 is 0 Å². The molecule has 5 nitrogen and oxygen atoms in total. The molecule has 152 valence electrons. The van der Waals surface area contributed by atoms with E-state index < -0.39 is 6.04 Å². The summed E-state index contributed by atoms with van der Waals surface area (Å²) in [6, 6.07) is 7.55. The molecule has 2 amide bonds. The number of nitrogens with one attached hydrogen (secondary N) is 1. The van der Waals surface area contributed by atoms with E-state index in [0.717, 1.165) is 44.9 Å². The SMILES string of the molecule is C[C@@H]1Cc2ccccc2[C@@H]1NC(=O)[C@@H]1CCCN1C(=O)[C@@H](N)C1CCCCC1. The van der Waals surface area contributed by atoms with Crippen molar-refractivity contribution in [1.82, 2.24) is 10.2 Å². The van der Waals surface area contributed by atoms with Crippen LogP contribution in [0.5, 0.6) is 0 Å². The molecule has 4 atom stereocenters. The third-order valence-electron chi connectivity index (χ3n) is 7.08. The molecule has 0 bridgehead atoms. The topological polar surface area (TPSA) is 75.4 Å². The van der Waals surface area contributed by atoms with Gasteiger partial charge in [-0.05, 0) is 55.1 Å². The first-order valence-electron chi connectivity index (χ1n) is 11.0. The number of hydrogen-bond donors (Lipinski definition) is 2. The summed E-state index contributed by atoms with van der Waals surface area (Å²) in [5, 5.41) is 3.26. The molecular formula is C23H33N3O2. The van der Waals surface area contributed by atoms with Crippen LogP contribution in [-0.4, -0.2) is 35.3 Å². The fraction of sp³-hybridized carbons (Fsp3) is 0.652. The Morgan fingerprint density at radius 1 is 1.11 bits per heavy atom. The fourth-order valence-electron chi connectivity index (χ4n) is 5.45. The number of likely N-dealkylation sites (tertiary alicyclic amines) is 1. The zero-order chi connectivity index (χ0) is 19.7. The Labute approximate surface area is 168 Å². The van der Waals surface area contributed by atoms with Gasteiger partial charge in [-0.3, -0.25) is 9.59 Å². The minimum atomic E-state index is -0.458. The average Bonchev–Trinajstić information content (AvgIpc) is 3.33. The summed E-state index contributed by atoms with van der Waals surface area (Å²) < 4.78 is 0. The number of hydrogen-bond acceptors (Lipinski definition) is 3. The van der Waals surface area contributed by atoms with Crippen molar-refractivity contribution in [3.8, 4) is 0 Å². The van der Waals surface area contributed by atoms with Crippen LogP contribution < -0.4 is 11.1 Å². The fourth-order valence-corrected chi connectivity index (χ4v) is 5.45. The van der Waals surface area contributed by atoms with E-state index in [1.54, 1.807) is 4.90 Å². The van der Waals surface area contributed by atoms with Crippen LogP contribution in [0.2, 0.25) is 0 Å². The predicted octanol–water partition coefficient (Wildman–Crippen LogP) is 2.93. The maximum Gasteiger partial charge on any atom is 0.243 e. The summed E-state index contributed by atoms with van der Waals surface area (Å²) >= 11 is 0. The van der Waals surface area contributed by atoms with Crippen molar-refractivity contribution in [1.29, 1.82) is 0 Å². The summed E-state index contributed by atoms with van der Waals surface area (Å²) in [6.07, 6.45) is 8.23. The molecule has 1 saturated carbocycles. The van der Waals surface area contributed by atoms with Crippen LogP contribution in [-0.2, 0) is 16.0 Å². The Morgan fingerprint density at radius 2 is 1.86 bits per heavy atom. The van der Waals surface area contributed by atoms with Gasteiger partial charge in [0.05, 0.1) is 12.1 Å². The van der Waals surface area contributed by atoms with Crippen molar-refractivity contribution in [2.24, 2.45) is 17.6 Å². The summed E-state index contributed by atoms with van der Waals surface area (Å²) in [5.41, 5.74) is 8.90. The standard InChI is InChI=1S/C23H33N3O2/c1-15-14-17-10-5-6-11-18(17)21(15)25-22(27)19-12-7-13-26(19)23(28)20(24)16-8-3-2-4-9-16/h5-6,10-11,15-16,19-21H,2-4,7-9,12-14,24H2,1H3,(H,25,27)/t15-,19+,20+,21-/m1/s1. The summed E-state index contributed by atoms with van der Waals surface area (Å²) in [4.78, 5) is 28.0. The van der Waals surface area contributed by atoms with Crippen LogP contribution in [0.15, 0.2) is 24.3 Å². The van der Waals surface area contributed by atoms with Gasteiger partial charge >= 0.3 is 0 Å². The van der Waals surface area contributed by atoms with Gasteiger partial charge in [0.15, 0.2) is 0 Å². The van der Waals surface area contributed by atoms with Crippen molar-refractivity contribution >= 4 is 11.8 Å². The Kier molecular flexibility index (Phi) is 5.72. The molecule has 1 aromatic carbocycles. The Balaban J connectivity index is 1.43. The molecular weight excluding hydrogens is 350 g/mol. The molecule has 0 aromatic heterocycles. The van der Waals surface area contributed by atoms with Crippen LogP contribution in [0.1, 0.15) is 69.0 Å². The van der Waals surface area contributed by atoms with Crippen LogP contribution in [0.25, 0.3) is 0 Å². The second-order valence-corrected chi connectivity index (χ2v) is 8.98. The lowest BCUT2D eigenvalue weighted by molar-refractivity contribution is -0.140. The first-order chi connectivity index (χ1) is 13.6. The number of nitrogens with two attached hydrogens (primary N) is 1. The van der Waals surface area contributed by atoms with Gasteiger partial charge in [-0.1, -0.05) is 50.5 Å². The minimum absolute atomic E-state index is 0.0183. The van der Waals surface area contributed by atoms with Gasteiger partial charge in [0.25, 0.3) is 0 Å². The second-order valence-electron chi connectivity index (χ2n) is 8.98. The maximum absolute atomic E-state index is 13.1. The summed E-state index contributed by atoms with van der Waals surface area (Å²) in [5.74, 6) is 0.600. The van der Waals surface area contributed by atoms with Crippen molar-refractivity contribution in [3.63, 3.8) is 0 Å². The van der Waals surface area contributed by atoms with Gasteiger partial charge in [0.2, 0.25) is 11.8 Å². The highest BCUT2D eigenvalue weighted by atomic mass is 16.2. The molecule has 2 fully saturated rings. The van der Waals surface area contributed by atoms with Gasteiger partial charge in [-0.25, -0.2) is 0 Å². The van der Waals surface area contributed by atoms with Crippen LogP contribution in [0, 0.1) is 11.8 Å². The molecule has 0 spiro atoms. The zero-order valence-electron chi connectivity index (χ0n) is 16.9. The Morgan fingerprint density at radius 3 is 2.64 bits per heavy atom. The maximum atomic E-state index is 13.1. The number of rotatable bonds is 4. The number of fused-ring (bicyclic) bond motifs is 1. The van der Waals surface area contributed by atoms with Crippen molar-refractivity contribution in [3.05, 3.63) is 35.4 Å². The first kappa shape index (κ1) is 19.4. The highest BCUT2D eigenvalue weighted by Gasteiger charge is 2.40. The molecule has 0 radical (unpaired) electrons. The van der Waals surface area contributed by atoms with Gasteiger partial charge in [0.1, 0.15) is 6.04 Å². The van der Waals surface area contributed by atoms with Crippen LogP contribution in [0.3, 0.4) is 0 Å². The molecule has 3 aliphatic rings. The number of nitrogens with zero attached hydrogens (tertiary/aromatic N) is 1. The molecule has 1 saturated heterocycles. The van der Waals surface area contributed by atoms with E-state index in [1.807, 2.05) is 6.07 Å². The molecule has 1 aromatic rings. The molecule has 0 unspecified atom stereocenters. The molecule has 1 heterocycles. The quantitative estimate of drug-likeness (QED) is 0.839. The lowest BCUT2D eigenvalue weighted by atomic mass is 9.83. The normalized spacial score (nSPS) is 28.8. The van der Waals surface area contributed by atoms with E-state index in [2.05, 4.69) is 30.4 Å². The van der Waals surface area contributed by atoms with E-state index in [9.17, 15) is 9.59 Å². The molecule has 5 heteroatoms. The monoisotopic (exact) mass is 383 g/mol. The summed E-state index contributed by atoms with van der Waals surface area (Å²) in [7, 11) is 0. The minimum Gasteiger partial charge on any atom is -0.347 e. The number of carbonyl (C=O) groups is 2. The van der Waals surface area contributed by atoms with Gasteiger partial charge < -0.3 is 16.0 Å². The first-order valence-corrected chi connectivity index (χ1v) is 11.0. The lowest BCUT2D eigenvalue weighted by Crippen LogP contribution is -2.54. The molecule has 28 heavy (non-hydrogen) atoms. The lowest BCUT2D eigenvalue weighted by Gasteiger charge is -2.32. The van der Waals surface area contributed by atoms with E-state index in [1.165, 1.54) is 17.5 Å². The highest BCUT2D eigenvalue weighted by molar-refractivity contribution is 5.90. The van der Waals surface area contributed by atoms with Gasteiger partial charge in [-0.15, -0.1) is 0 Å².